The van der Waals surface area contributed by atoms with Crippen LogP contribution in [0.2, 0.25) is 0 Å². The molecule has 1 aliphatic heterocycles. The standard InChI is InChI=1S/C8H17NO6S2/c1-9(2)3-7(5-16(10,11)12)8(4-9)6-17(13,14)15/h7-8H,3-6H2,1-2H3,(H-,10,11,12,13,14,15)/p+1. The summed E-state index contributed by atoms with van der Waals surface area (Å²) in [7, 11) is -4.57. The average molecular weight is 288 g/mol. The molecule has 0 saturated carbocycles. The Bertz CT molecular complexity index is 436. The zero-order valence-corrected chi connectivity index (χ0v) is 11.4. The molecule has 0 aromatic carbocycles. The van der Waals surface area contributed by atoms with Gasteiger partial charge in [-0.3, -0.25) is 9.11 Å². The fourth-order valence-corrected chi connectivity index (χ4v) is 4.40. The molecule has 102 valence electrons. The van der Waals surface area contributed by atoms with E-state index in [0.717, 1.165) is 0 Å². The molecule has 2 N–H and O–H groups in total. The van der Waals surface area contributed by atoms with Gasteiger partial charge in [0.2, 0.25) is 0 Å². The lowest BCUT2D eigenvalue weighted by atomic mass is 10.0. The highest BCUT2D eigenvalue weighted by atomic mass is 32.2. The van der Waals surface area contributed by atoms with Gasteiger partial charge in [-0.25, -0.2) is 0 Å². The molecule has 0 aliphatic carbocycles. The summed E-state index contributed by atoms with van der Waals surface area (Å²) in [5, 5.41) is 0. The Morgan fingerprint density at radius 1 is 0.941 bits per heavy atom. The lowest BCUT2D eigenvalue weighted by Crippen LogP contribution is -2.37. The van der Waals surface area contributed by atoms with Gasteiger partial charge in [0.05, 0.1) is 38.7 Å². The number of quaternary nitrogens is 1. The van der Waals surface area contributed by atoms with Crippen molar-refractivity contribution in [1.29, 1.82) is 0 Å². The summed E-state index contributed by atoms with van der Waals surface area (Å²) in [6, 6.07) is 0. The Kier molecular flexibility index (Phi) is 3.90. The van der Waals surface area contributed by atoms with Crippen LogP contribution in [0.3, 0.4) is 0 Å². The van der Waals surface area contributed by atoms with Crippen molar-refractivity contribution in [3.05, 3.63) is 0 Å². The zero-order valence-electron chi connectivity index (χ0n) is 9.77. The lowest BCUT2D eigenvalue weighted by molar-refractivity contribution is -0.880. The molecule has 1 aliphatic rings. The summed E-state index contributed by atoms with van der Waals surface area (Å²) in [6.45, 7) is 0.917. The van der Waals surface area contributed by atoms with Crippen molar-refractivity contribution >= 4 is 20.2 Å². The topological polar surface area (TPSA) is 109 Å². The molecule has 0 aromatic rings. The highest BCUT2D eigenvalue weighted by Crippen LogP contribution is 2.29. The predicted molar refractivity (Wildman–Crippen MR) is 61.7 cm³/mol. The first-order valence-electron chi connectivity index (χ1n) is 5.10. The van der Waals surface area contributed by atoms with Gasteiger partial charge in [-0.15, -0.1) is 0 Å². The summed E-state index contributed by atoms with van der Waals surface area (Å²) in [5.41, 5.74) is 0. The normalized spacial score (nSPS) is 29.4. The Hall–Kier alpha value is -0.220. The van der Waals surface area contributed by atoms with E-state index in [4.69, 9.17) is 9.11 Å². The lowest BCUT2D eigenvalue weighted by Gasteiger charge is -2.23. The number of likely N-dealkylation sites (tertiary alicyclic amines) is 1. The average Bonchev–Trinajstić information content (AvgIpc) is 2.17. The third-order valence-electron chi connectivity index (χ3n) is 2.97. The van der Waals surface area contributed by atoms with Gasteiger partial charge in [-0.05, 0) is 0 Å². The smallest absolute Gasteiger partial charge is 0.265 e. The van der Waals surface area contributed by atoms with Crippen molar-refractivity contribution in [2.75, 3.05) is 38.7 Å². The first-order chi connectivity index (χ1) is 7.38. The van der Waals surface area contributed by atoms with E-state index in [-0.39, 0.29) is 0 Å². The molecule has 7 nitrogen and oxygen atoms in total. The number of hydrogen-bond acceptors (Lipinski definition) is 4. The molecule has 0 bridgehead atoms. The van der Waals surface area contributed by atoms with Crippen molar-refractivity contribution in [2.45, 2.75) is 0 Å². The van der Waals surface area contributed by atoms with Crippen molar-refractivity contribution in [1.82, 2.24) is 0 Å². The van der Waals surface area contributed by atoms with E-state index in [9.17, 15) is 16.8 Å². The van der Waals surface area contributed by atoms with E-state index in [0.29, 0.717) is 17.6 Å². The Balaban J connectivity index is 2.86. The van der Waals surface area contributed by atoms with Gasteiger partial charge in [0.15, 0.2) is 0 Å². The van der Waals surface area contributed by atoms with Crippen LogP contribution in [-0.4, -0.2) is 69.1 Å². The molecule has 0 spiro atoms. The van der Waals surface area contributed by atoms with E-state index in [1.54, 1.807) is 0 Å². The summed E-state index contributed by atoms with van der Waals surface area (Å²) in [5.74, 6) is -1.84. The van der Waals surface area contributed by atoms with Gasteiger partial charge in [-0.1, -0.05) is 0 Å². The highest BCUT2D eigenvalue weighted by molar-refractivity contribution is 7.86. The molecule has 1 saturated heterocycles. The molecular formula is C8H18NO6S2+. The molecule has 1 heterocycles. The summed E-state index contributed by atoms with van der Waals surface area (Å²) < 4.78 is 61.5. The molecule has 2 atom stereocenters. The molecule has 1 fully saturated rings. The third-order valence-corrected chi connectivity index (χ3v) is 4.67. The van der Waals surface area contributed by atoms with Crippen LogP contribution in [-0.2, 0) is 20.2 Å². The van der Waals surface area contributed by atoms with Crippen LogP contribution in [0.15, 0.2) is 0 Å². The van der Waals surface area contributed by atoms with Crippen LogP contribution in [0.4, 0.5) is 0 Å². The van der Waals surface area contributed by atoms with Gasteiger partial charge in [0, 0.05) is 11.8 Å². The molecule has 2 unspecified atom stereocenters. The maximum atomic E-state index is 10.8. The van der Waals surface area contributed by atoms with Gasteiger partial charge in [0.1, 0.15) is 0 Å². The van der Waals surface area contributed by atoms with E-state index in [1.165, 1.54) is 0 Å². The SMILES string of the molecule is C[N+]1(C)CC(CS(=O)(=O)O)C(CS(=O)(=O)O)C1. The summed E-state index contributed by atoms with van der Waals surface area (Å²) >= 11 is 0. The molecule has 0 amide bonds. The van der Waals surface area contributed by atoms with Crippen LogP contribution in [0, 0.1) is 11.8 Å². The first kappa shape index (κ1) is 14.8. The highest BCUT2D eigenvalue weighted by Gasteiger charge is 2.43. The molecule has 9 heteroatoms. The maximum Gasteiger partial charge on any atom is 0.265 e. The van der Waals surface area contributed by atoms with E-state index in [2.05, 4.69) is 0 Å². The minimum absolute atomic E-state index is 0.457. The van der Waals surface area contributed by atoms with E-state index < -0.39 is 43.6 Å². The molecule has 17 heavy (non-hydrogen) atoms. The number of rotatable bonds is 4. The third kappa shape index (κ3) is 5.30. The number of hydrogen-bond donors (Lipinski definition) is 2. The van der Waals surface area contributed by atoms with Crippen molar-refractivity contribution in [3.63, 3.8) is 0 Å². The molecule has 0 aromatic heterocycles. The second kappa shape index (κ2) is 4.47. The van der Waals surface area contributed by atoms with Crippen LogP contribution in [0.1, 0.15) is 0 Å². The fraction of sp³-hybridized carbons (Fsp3) is 1.00. The van der Waals surface area contributed by atoms with Crippen molar-refractivity contribution < 1.29 is 30.4 Å². The first-order valence-corrected chi connectivity index (χ1v) is 8.32. The zero-order chi connectivity index (χ0) is 13.5. The minimum atomic E-state index is -4.13. The van der Waals surface area contributed by atoms with Gasteiger partial charge >= 0.3 is 0 Å². The number of nitrogens with zero attached hydrogens (tertiary/aromatic N) is 1. The summed E-state index contributed by atoms with van der Waals surface area (Å²) in [6.07, 6.45) is 0. The molecular weight excluding hydrogens is 270 g/mol. The fourth-order valence-electron chi connectivity index (χ4n) is 2.56. The minimum Gasteiger partial charge on any atom is -0.328 e. The monoisotopic (exact) mass is 288 g/mol. The van der Waals surface area contributed by atoms with Gasteiger partial charge in [-0.2, -0.15) is 16.8 Å². The second-order valence-corrected chi connectivity index (χ2v) is 8.31. The Morgan fingerprint density at radius 2 is 1.24 bits per heavy atom. The predicted octanol–water partition coefficient (Wildman–Crippen LogP) is -0.916. The Morgan fingerprint density at radius 3 is 1.47 bits per heavy atom. The molecule has 0 radical (unpaired) electrons. The van der Waals surface area contributed by atoms with Crippen molar-refractivity contribution in [2.24, 2.45) is 11.8 Å². The van der Waals surface area contributed by atoms with Crippen LogP contribution >= 0.6 is 0 Å². The van der Waals surface area contributed by atoms with Crippen molar-refractivity contribution in [3.8, 4) is 0 Å². The largest absolute Gasteiger partial charge is 0.328 e. The van der Waals surface area contributed by atoms with Crippen LogP contribution in [0.25, 0.3) is 0 Å². The van der Waals surface area contributed by atoms with E-state index in [1.807, 2.05) is 14.1 Å². The van der Waals surface area contributed by atoms with E-state index >= 15 is 0 Å². The van der Waals surface area contributed by atoms with Crippen LogP contribution in [0.5, 0.6) is 0 Å². The van der Waals surface area contributed by atoms with Gasteiger partial charge in [0.25, 0.3) is 20.2 Å². The quantitative estimate of drug-likeness (QED) is 0.512. The molecule has 1 rings (SSSR count). The van der Waals surface area contributed by atoms with Gasteiger partial charge < -0.3 is 4.48 Å². The Labute approximate surface area is 102 Å². The summed E-state index contributed by atoms with van der Waals surface area (Å²) in [4.78, 5) is 0. The van der Waals surface area contributed by atoms with Crippen LogP contribution < -0.4 is 0 Å². The maximum absolute atomic E-state index is 10.8. The second-order valence-electron chi connectivity index (χ2n) is 5.32.